The fourth-order valence-corrected chi connectivity index (χ4v) is 4.02. The van der Waals surface area contributed by atoms with Gasteiger partial charge in [0.2, 0.25) is 0 Å². The largest absolute Gasteiger partial charge is 0.381 e. The zero-order valence-electron chi connectivity index (χ0n) is 13.6. The highest BCUT2D eigenvalue weighted by Gasteiger charge is 2.27. The molecule has 0 saturated heterocycles. The lowest BCUT2D eigenvalue weighted by atomic mass is 9.76. The molecule has 1 nitrogen and oxygen atoms in total. The summed E-state index contributed by atoms with van der Waals surface area (Å²) in [7, 11) is 0. The van der Waals surface area contributed by atoms with Crippen molar-refractivity contribution in [1.82, 2.24) is 0 Å². The fourth-order valence-electron chi connectivity index (χ4n) is 3.29. The van der Waals surface area contributed by atoms with Crippen LogP contribution in [-0.2, 0) is 0 Å². The second-order valence-electron chi connectivity index (χ2n) is 7.49. The molecule has 1 aliphatic carbocycles. The molecule has 0 heterocycles. The van der Waals surface area contributed by atoms with Crippen LogP contribution >= 0.6 is 27.5 Å². The van der Waals surface area contributed by atoms with Gasteiger partial charge in [0, 0.05) is 15.5 Å². The molecule has 1 saturated carbocycles. The van der Waals surface area contributed by atoms with E-state index in [1.54, 1.807) is 0 Å². The van der Waals surface area contributed by atoms with E-state index < -0.39 is 0 Å². The summed E-state index contributed by atoms with van der Waals surface area (Å²) in [4.78, 5) is 0. The lowest BCUT2D eigenvalue weighted by molar-refractivity contribution is 0.214. The van der Waals surface area contributed by atoms with Gasteiger partial charge < -0.3 is 5.32 Å². The summed E-state index contributed by atoms with van der Waals surface area (Å²) < 4.78 is 1.11. The normalized spacial score (nSPS) is 23.7. The van der Waals surface area contributed by atoms with Gasteiger partial charge in [-0.05, 0) is 77.6 Å². The number of hydrogen-bond acceptors (Lipinski definition) is 1. The van der Waals surface area contributed by atoms with E-state index in [0.29, 0.717) is 11.5 Å². The lowest BCUT2D eigenvalue weighted by Crippen LogP contribution is -2.21. The Morgan fingerprint density at radius 1 is 1.14 bits per heavy atom. The van der Waals surface area contributed by atoms with Gasteiger partial charge in [-0.1, -0.05) is 38.8 Å². The number of halogens is 2. The van der Waals surface area contributed by atoms with Gasteiger partial charge in [-0.25, -0.2) is 0 Å². The van der Waals surface area contributed by atoms with Crippen LogP contribution in [-0.4, -0.2) is 6.04 Å². The second kappa shape index (κ2) is 6.91. The first-order valence-electron chi connectivity index (χ1n) is 7.99. The summed E-state index contributed by atoms with van der Waals surface area (Å²) in [5.74, 6) is 0.842. The Hall–Kier alpha value is -0.210. The highest BCUT2D eigenvalue weighted by molar-refractivity contribution is 9.10. The van der Waals surface area contributed by atoms with Crippen molar-refractivity contribution >= 4 is 33.2 Å². The van der Waals surface area contributed by atoms with Gasteiger partial charge in [0.15, 0.2) is 0 Å². The molecule has 21 heavy (non-hydrogen) atoms. The Morgan fingerprint density at radius 3 is 2.52 bits per heavy atom. The summed E-state index contributed by atoms with van der Waals surface area (Å²) in [5.41, 5.74) is 2.68. The van der Waals surface area contributed by atoms with E-state index in [9.17, 15) is 0 Å². The number of hydrogen-bond donors (Lipinski definition) is 1. The first-order valence-corrected chi connectivity index (χ1v) is 9.16. The Morgan fingerprint density at radius 2 is 1.86 bits per heavy atom. The van der Waals surface area contributed by atoms with E-state index in [4.69, 9.17) is 11.6 Å². The number of benzene rings is 1. The summed E-state index contributed by atoms with van der Waals surface area (Å²) in [5, 5.41) is 4.53. The third-order valence-corrected chi connectivity index (χ3v) is 5.86. The second-order valence-corrected chi connectivity index (χ2v) is 8.76. The van der Waals surface area contributed by atoms with Crippen molar-refractivity contribution in [3.05, 3.63) is 27.2 Å². The van der Waals surface area contributed by atoms with Gasteiger partial charge in [-0.3, -0.25) is 0 Å². The molecular weight excluding hydrogens is 346 g/mol. The SMILES string of the molecule is Cc1cc(Br)c(NC2CCCC(C(C)(C)C)CC2)cc1Cl. The molecule has 2 rings (SSSR count). The molecule has 0 aromatic heterocycles. The van der Waals surface area contributed by atoms with E-state index in [1.165, 1.54) is 32.1 Å². The van der Waals surface area contributed by atoms with Crippen molar-refractivity contribution in [2.24, 2.45) is 11.3 Å². The van der Waals surface area contributed by atoms with Crippen LogP contribution in [0.5, 0.6) is 0 Å². The van der Waals surface area contributed by atoms with Crippen molar-refractivity contribution < 1.29 is 0 Å². The van der Waals surface area contributed by atoms with Crippen LogP contribution in [0.1, 0.15) is 58.4 Å². The minimum atomic E-state index is 0.433. The van der Waals surface area contributed by atoms with E-state index in [-0.39, 0.29) is 0 Å². The Labute approximate surface area is 143 Å². The zero-order chi connectivity index (χ0) is 15.6. The number of rotatable bonds is 2. The van der Waals surface area contributed by atoms with Crippen molar-refractivity contribution in [3.8, 4) is 0 Å². The van der Waals surface area contributed by atoms with Crippen molar-refractivity contribution in [3.63, 3.8) is 0 Å². The van der Waals surface area contributed by atoms with Crippen molar-refractivity contribution in [2.45, 2.75) is 65.8 Å². The average molecular weight is 373 g/mol. The summed E-state index contributed by atoms with van der Waals surface area (Å²) in [6.45, 7) is 9.17. The minimum absolute atomic E-state index is 0.433. The first-order chi connectivity index (χ1) is 9.77. The summed E-state index contributed by atoms with van der Waals surface area (Å²) >= 11 is 9.91. The molecule has 0 radical (unpaired) electrons. The Kier molecular flexibility index (Phi) is 5.65. The molecule has 1 aromatic rings. The summed E-state index contributed by atoms with van der Waals surface area (Å²) in [6.07, 6.45) is 6.50. The van der Waals surface area contributed by atoms with E-state index in [1.807, 2.05) is 13.0 Å². The van der Waals surface area contributed by atoms with Crippen LogP contribution in [0.4, 0.5) is 5.69 Å². The van der Waals surface area contributed by atoms with Crippen molar-refractivity contribution in [2.75, 3.05) is 5.32 Å². The fraction of sp³-hybridized carbons (Fsp3) is 0.667. The maximum Gasteiger partial charge on any atom is 0.0501 e. The molecule has 1 N–H and O–H groups in total. The van der Waals surface area contributed by atoms with Crippen LogP contribution < -0.4 is 5.32 Å². The highest BCUT2D eigenvalue weighted by Crippen LogP contribution is 2.38. The maximum absolute atomic E-state index is 6.26. The van der Waals surface area contributed by atoms with Crippen LogP contribution in [0.2, 0.25) is 5.02 Å². The third kappa shape index (κ3) is 4.63. The van der Waals surface area contributed by atoms with E-state index in [0.717, 1.165) is 26.7 Å². The van der Waals surface area contributed by atoms with Gasteiger partial charge >= 0.3 is 0 Å². The van der Waals surface area contributed by atoms with Gasteiger partial charge in [-0.2, -0.15) is 0 Å². The molecule has 0 aliphatic heterocycles. The van der Waals surface area contributed by atoms with Crippen LogP contribution in [0.25, 0.3) is 0 Å². The highest BCUT2D eigenvalue weighted by atomic mass is 79.9. The predicted octanol–water partition coefficient (Wildman–Crippen LogP) is 6.82. The van der Waals surface area contributed by atoms with Crippen LogP contribution in [0.3, 0.4) is 0 Å². The summed E-state index contributed by atoms with van der Waals surface area (Å²) in [6, 6.07) is 4.71. The molecule has 0 spiro atoms. The molecule has 0 bridgehead atoms. The smallest absolute Gasteiger partial charge is 0.0501 e. The Bertz CT molecular complexity index is 493. The van der Waals surface area contributed by atoms with Gasteiger partial charge in [0.05, 0.1) is 5.69 Å². The molecule has 1 aliphatic rings. The standard InChI is InChI=1S/C18H27BrClN/c1-12-10-15(19)17(11-16(12)20)21-14-7-5-6-13(8-9-14)18(2,3)4/h10-11,13-14,21H,5-9H2,1-4H3. The molecule has 2 atom stereocenters. The molecule has 1 fully saturated rings. The number of aryl methyl sites for hydroxylation is 1. The van der Waals surface area contributed by atoms with E-state index >= 15 is 0 Å². The zero-order valence-corrected chi connectivity index (χ0v) is 15.9. The number of anilines is 1. The maximum atomic E-state index is 6.26. The average Bonchev–Trinajstić information content (AvgIpc) is 2.61. The molecular formula is C18H27BrClN. The van der Waals surface area contributed by atoms with Crippen LogP contribution in [0.15, 0.2) is 16.6 Å². The minimum Gasteiger partial charge on any atom is -0.381 e. The predicted molar refractivity (Wildman–Crippen MR) is 97.3 cm³/mol. The van der Waals surface area contributed by atoms with Crippen LogP contribution in [0, 0.1) is 18.3 Å². The quantitative estimate of drug-likeness (QED) is 0.562. The lowest BCUT2D eigenvalue weighted by Gasteiger charge is -2.29. The van der Waals surface area contributed by atoms with E-state index in [2.05, 4.69) is 48.1 Å². The molecule has 0 amide bonds. The topological polar surface area (TPSA) is 12.0 Å². The van der Waals surface area contributed by atoms with Gasteiger partial charge in [-0.15, -0.1) is 0 Å². The molecule has 3 heteroatoms. The van der Waals surface area contributed by atoms with Gasteiger partial charge in [0.25, 0.3) is 0 Å². The third-order valence-electron chi connectivity index (χ3n) is 4.80. The van der Waals surface area contributed by atoms with Crippen molar-refractivity contribution in [1.29, 1.82) is 0 Å². The van der Waals surface area contributed by atoms with Gasteiger partial charge in [0.1, 0.15) is 0 Å². The molecule has 2 unspecified atom stereocenters. The first kappa shape index (κ1) is 17.1. The molecule has 118 valence electrons. The monoisotopic (exact) mass is 371 g/mol. The molecule has 1 aromatic carbocycles. The number of nitrogens with one attached hydrogen (secondary N) is 1. The Balaban J connectivity index is 2.03.